The highest BCUT2D eigenvalue weighted by Crippen LogP contribution is 2.12. The number of nitrogens with one attached hydrogen (secondary N) is 2. The molecule has 0 aliphatic carbocycles. The zero-order valence-corrected chi connectivity index (χ0v) is 11.3. The molecule has 0 aliphatic heterocycles. The van der Waals surface area contributed by atoms with Crippen molar-refractivity contribution >= 4 is 11.6 Å². The van der Waals surface area contributed by atoms with Gasteiger partial charge < -0.3 is 10.7 Å². The monoisotopic (exact) mass is 257 g/mol. The Bertz CT molecular complexity index is 536. The van der Waals surface area contributed by atoms with Crippen molar-refractivity contribution < 1.29 is 0 Å². The molecule has 0 fully saturated rings. The van der Waals surface area contributed by atoms with E-state index in [4.69, 9.17) is 5.84 Å². The third-order valence-electron chi connectivity index (χ3n) is 2.89. The van der Waals surface area contributed by atoms with Gasteiger partial charge in [-0.3, -0.25) is 0 Å². The molecule has 100 valence electrons. The highest BCUT2D eigenvalue weighted by Gasteiger charge is 2.00. The van der Waals surface area contributed by atoms with E-state index in [1.807, 2.05) is 6.92 Å². The van der Waals surface area contributed by atoms with Crippen molar-refractivity contribution in [2.75, 3.05) is 10.7 Å². The van der Waals surface area contributed by atoms with Gasteiger partial charge in [-0.2, -0.15) is 0 Å². The standard InChI is InChI=1S/C14H19N5/c1-3-11-4-6-12(7-5-11)9-16-13-8-14(19-15)18-10(2)17-13/h4-8H,3,9,15H2,1-2H3,(H2,16,17,18,19). The molecule has 0 unspecified atom stereocenters. The zero-order chi connectivity index (χ0) is 13.7. The van der Waals surface area contributed by atoms with Gasteiger partial charge in [0.2, 0.25) is 0 Å². The quantitative estimate of drug-likeness (QED) is 0.566. The summed E-state index contributed by atoms with van der Waals surface area (Å²) in [7, 11) is 0. The molecular formula is C14H19N5. The van der Waals surface area contributed by atoms with Gasteiger partial charge in [0.1, 0.15) is 17.5 Å². The number of aryl methyl sites for hydroxylation is 2. The predicted octanol–water partition coefficient (Wildman–Crippen LogP) is 2.25. The summed E-state index contributed by atoms with van der Waals surface area (Å²) in [5.41, 5.74) is 5.09. The van der Waals surface area contributed by atoms with Crippen LogP contribution in [0.1, 0.15) is 23.9 Å². The van der Waals surface area contributed by atoms with E-state index in [9.17, 15) is 0 Å². The second-order valence-corrected chi connectivity index (χ2v) is 4.35. The van der Waals surface area contributed by atoms with Crippen LogP contribution in [-0.4, -0.2) is 9.97 Å². The van der Waals surface area contributed by atoms with Crippen LogP contribution in [0.5, 0.6) is 0 Å². The maximum Gasteiger partial charge on any atom is 0.145 e. The van der Waals surface area contributed by atoms with E-state index in [0.717, 1.165) is 18.8 Å². The Morgan fingerprint density at radius 3 is 2.32 bits per heavy atom. The lowest BCUT2D eigenvalue weighted by Crippen LogP contribution is -2.11. The molecule has 4 N–H and O–H groups in total. The van der Waals surface area contributed by atoms with Gasteiger partial charge in [-0.25, -0.2) is 15.8 Å². The maximum absolute atomic E-state index is 5.36. The lowest BCUT2D eigenvalue weighted by molar-refractivity contribution is 1.01. The number of aromatic nitrogens is 2. The minimum absolute atomic E-state index is 0.608. The first-order valence-corrected chi connectivity index (χ1v) is 6.35. The topological polar surface area (TPSA) is 75.9 Å². The SMILES string of the molecule is CCc1ccc(CNc2cc(NN)nc(C)n2)cc1. The van der Waals surface area contributed by atoms with E-state index < -0.39 is 0 Å². The Kier molecular flexibility index (Phi) is 4.30. The molecule has 0 atom stereocenters. The molecule has 0 saturated heterocycles. The molecule has 1 aromatic carbocycles. The first-order valence-electron chi connectivity index (χ1n) is 6.35. The lowest BCUT2D eigenvalue weighted by Gasteiger charge is -2.08. The Hall–Kier alpha value is -2.14. The third kappa shape index (κ3) is 3.66. The zero-order valence-electron chi connectivity index (χ0n) is 11.3. The summed E-state index contributed by atoms with van der Waals surface area (Å²) in [5.74, 6) is 7.41. The number of nitrogens with zero attached hydrogens (tertiary/aromatic N) is 2. The smallest absolute Gasteiger partial charge is 0.145 e. The van der Waals surface area contributed by atoms with Gasteiger partial charge >= 0.3 is 0 Å². The van der Waals surface area contributed by atoms with Crippen molar-refractivity contribution in [2.45, 2.75) is 26.8 Å². The summed E-state index contributed by atoms with van der Waals surface area (Å²) in [4.78, 5) is 8.46. The molecule has 0 amide bonds. The maximum atomic E-state index is 5.36. The van der Waals surface area contributed by atoms with Crippen molar-refractivity contribution in [2.24, 2.45) is 5.84 Å². The van der Waals surface area contributed by atoms with Gasteiger partial charge in [0.15, 0.2) is 0 Å². The number of hydrogen-bond acceptors (Lipinski definition) is 5. The van der Waals surface area contributed by atoms with Crippen molar-refractivity contribution in [3.05, 3.63) is 47.3 Å². The van der Waals surface area contributed by atoms with Crippen molar-refractivity contribution in [3.63, 3.8) is 0 Å². The van der Waals surface area contributed by atoms with Crippen LogP contribution in [0.2, 0.25) is 0 Å². The average molecular weight is 257 g/mol. The molecule has 0 spiro atoms. The Morgan fingerprint density at radius 1 is 1.05 bits per heavy atom. The highest BCUT2D eigenvalue weighted by molar-refractivity contribution is 5.47. The minimum Gasteiger partial charge on any atom is -0.366 e. The van der Waals surface area contributed by atoms with Crippen LogP contribution >= 0.6 is 0 Å². The lowest BCUT2D eigenvalue weighted by atomic mass is 10.1. The van der Waals surface area contributed by atoms with Gasteiger partial charge in [-0.05, 0) is 24.5 Å². The van der Waals surface area contributed by atoms with Crippen LogP contribution in [0.15, 0.2) is 30.3 Å². The normalized spacial score (nSPS) is 10.3. The van der Waals surface area contributed by atoms with Crippen LogP contribution in [0.25, 0.3) is 0 Å². The summed E-state index contributed by atoms with van der Waals surface area (Å²) in [6.07, 6.45) is 1.06. The second kappa shape index (κ2) is 6.15. The summed E-state index contributed by atoms with van der Waals surface area (Å²) >= 11 is 0. The van der Waals surface area contributed by atoms with Gasteiger partial charge in [0.25, 0.3) is 0 Å². The van der Waals surface area contributed by atoms with E-state index in [1.54, 1.807) is 6.07 Å². The number of nitrogens with two attached hydrogens (primary N) is 1. The number of rotatable bonds is 5. The van der Waals surface area contributed by atoms with Crippen molar-refractivity contribution in [1.82, 2.24) is 9.97 Å². The summed E-state index contributed by atoms with van der Waals surface area (Å²) in [6, 6.07) is 10.3. The number of benzene rings is 1. The average Bonchev–Trinajstić information content (AvgIpc) is 2.45. The molecule has 2 aromatic rings. The second-order valence-electron chi connectivity index (χ2n) is 4.35. The number of nitrogen functional groups attached to an aromatic ring is 1. The summed E-state index contributed by atoms with van der Waals surface area (Å²) in [6.45, 7) is 4.71. The fourth-order valence-corrected chi connectivity index (χ4v) is 1.82. The van der Waals surface area contributed by atoms with Crippen LogP contribution in [0, 0.1) is 6.92 Å². The fourth-order valence-electron chi connectivity index (χ4n) is 1.82. The molecule has 5 heteroatoms. The number of hydrazine groups is 1. The van der Waals surface area contributed by atoms with E-state index >= 15 is 0 Å². The van der Waals surface area contributed by atoms with Gasteiger partial charge in [0, 0.05) is 12.6 Å². The van der Waals surface area contributed by atoms with Crippen LogP contribution < -0.4 is 16.6 Å². The molecule has 0 saturated carbocycles. The summed E-state index contributed by atoms with van der Waals surface area (Å²) < 4.78 is 0. The Morgan fingerprint density at radius 2 is 1.68 bits per heavy atom. The molecule has 2 rings (SSSR count). The molecule has 1 aromatic heterocycles. The first-order chi connectivity index (χ1) is 9.21. The molecule has 0 aliphatic rings. The minimum atomic E-state index is 0.608. The molecule has 0 bridgehead atoms. The van der Waals surface area contributed by atoms with Gasteiger partial charge in [-0.1, -0.05) is 31.2 Å². The van der Waals surface area contributed by atoms with E-state index in [-0.39, 0.29) is 0 Å². The van der Waals surface area contributed by atoms with Crippen LogP contribution in [-0.2, 0) is 13.0 Å². The van der Waals surface area contributed by atoms with Gasteiger partial charge in [0.05, 0.1) is 0 Å². The van der Waals surface area contributed by atoms with Crippen molar-refractivity contribution in [1.29, 1.82) is 0 Å². The van der Waals surface area contributed by atoms with Crippen LogP contribution in [0.4, 0.5) is 11.6 Å². The van der Waals surface area contributed by atoms with E-state index in [2.05, 4.69) is 51.9 Å². The highest BCUT2D eigenvalue weighted by atomic mass is 15.3. The molecular weight excluding hydrogens is 238 g/mol. The van der Waals surface area contributed by atoms with Gasteiger partial charge in [-0.15, -0.1) is 0 Å². The fraction of sp³-hybridized carbons (Fsp3) is 0.286. The Labute approximate surface area is 113 Å². The van der Waals surface area contributed by atoms with E-state index in [1.165, 1.54) is 11.1 Å². The molecule has 0 radical (unpaired) electrons. The van der Waals surface area contributed by atoms with Crippen LogP contribution in [0.3, 0.4) is 0 Å². The largest absolute Gasteiger partial charge is 0.366 e. The number of hydrogen-bond donors (Lipinski definition) is 3. The summed E-state index contributed by atoms with van der Waals surface area (Å²) in [5, 5.41) is 3.27. The van der Waals surface area contributed by atoms with Crippen molar-refractivity contribution in [3.8, 4) is 0 Å². The van der Waals surface area contributed by atoms with E-state index in [0.29, 0.717) is 11.6 Å². The molecule has 5 nitrogen and oxygen atoms in total. The third-order valence-corrected chi connectivity index (χ3v) is 2.89. The predicted molar refractivity (Wildman–Crippen MR) is 77.7 cm³/mol. The molecule has 19 heavy (non-hydrogen) atoms. The Balaban J connectivity index is 2.03. The molecule has 1 heterocycles. The number of anilines is 2. The first kappa shape index (κ1) is 13.3.